The summed E-state index contributed by atoms with van der Waals surface area (Å²) >= 11 is 0. The van der Waals surface area contributed by atoms with Crippen molar-refractivity contribution in [1.82, 2.24) is 10.3 Å². The monoisotopic (exact) mass is 302 g/mol. The van der Waals surface area contributed by atoms with E-state index in [1.54, 1.807) is 13.3 Å². The third-order valence-electron chi connectivity index (χ3n) is 3.42. The summed E-state index contributed by atoms with van der Waals surface area (Å²) in [5.74, 6) is 0.750. The fourth-order valence-corrected chi connectivity index (χ4v) is 2.33. The van der Waals surface area contributed by atoms with Crippen LogP contribution in [0.3, 0.4) is 0 Å². The van der Waals surface area contributed by atoms with Gasteiger partial charge in [-0.25, -0.2) is 9.90 Å². The smallest absolute Gasteiger partial charge is 0.450 e. The highest BCUT2D eigenvalue weighted by molar-refractivity contribution is 5.92. The minimum Gasteiger partial charge on any atom is -0.497 e. The van der Waals surface area contributed by atoms with Gasteiger partial charge in [-0.15, -0.1) is 0 Å². The molecule has 0 saturated heterocycles. The van der Waals surface area contributed by atoms with E-state index in [2.05, 4.69) is 22.5 Å². The molecule has 0 saturated carbocycles. The van der Waals surface area contributed by atoms with Gasteiger partial charge in [-0.3, -0.25) is 4.98 Å². The lowest BCUT2D eigenvalue weighted by atomic mass is 10.1. The molecule has 0 fully saturated rings. The fourth-order valence-electron chi connectivity index (χ4n) is 2.33. The fraction of sp³-hybridized carbons (Fsp3) is 0.375. The standard InChI is InChI=1S/C16H20N3O3/c1-11(5-3-8-18-16(20)21)19-15-10-12(22-2)9-14-13(15)6-4-7-17-14/h4,6-7,9-11,18-19H,3,5,8H2,1-2H3. The summed E-state index contributed by atoms with van der Waals surface area (Å²) in [6, 6.07) is 7.94. The number of nitrogens with zero attached hydrogens (tertiary/aromatic N) is 1. The third kappa shape index (κ3) is 4.25. The quantitative estimate of drug-likeness (QED) is 0.770. The number of carbonyl (C=O) groups excluding carboxylic acids is 1. The molecule has 2 N–H and O–H groups in total. The number of methoxy groups -OCH3 is 1. The first-order valence-corrected chi connectivity index (χ1v) is 7.24. The van der Waals surface area contributed by atoms with Crippen LogP contribution in [0.25, 0.3) is 10.9 Å². The molecule has 1 aromatic carbocycles. The molecule has 2 rings (SSSR count). The Hall–Kier alpha value is -2.50. The van der Waals surface area contributed by atoms with Gasteiger partial charge in [0.15, 0.2) is 0 Å². The molecule has 2 aromatic rings. The molecule has 1 aromatic heterocycles. The van der Waals surface area contributed by atoms with Gasteiger partial charge in [0.1, 0.15) is 5.75 Å². The summed E-state index contributed by atoms with van der Waals surface area (Å²) in [5.41, 5.74) is 1.83. The van der Waals surface area contributed by atoms with Crippen molar-refractivity contribution in [3.05, 3.63) is 30.5 Å². The summed E-state index contributed by atoms with van der Waals surface area (Å²) in [6.07, 6.45) is 2.09. The SMILES string of the molecule is COc1cc(NC(C)CCCNC([O])=O)c2cccnc2c1. The molecular weight excluding hydrogens is 282 g/mol. The number of rotatable bonds is 7. The molecule has 1 unspecified atom stereocenters. The first-order valence-electron chi connectivity index (χ1n) is 7.24. The zero-order chi connectivity index (χ0) is 15.9. The highest BCUT2D eigenvalue weighted by atomic mass is 16.5. The van der Waals surface area contributed by atoms with Gasteiger partial charge in [0.2, 0.25) is 0 Å². The summed E-state index contributed by atoms with van der Waals surface area (Å²) in [7, 11) is 1.63. The van der Waals surface area contributed by atoms with Crippen molar-refractivity contribution < 1.29 is 14.6 Å². The third-order valence-corrected chi connectivity index (χ3v) is 3.42. The molecule has 1 radical (unpaired) electrons. The Kier molecular flexibility index (Phi) is 5.41. The molecule has 6 heteroatoms. The number of pyridine rings is 1. The Morgan fingerprint density at radius 2 is 2.23 bits per heavy atom. The van der Waals surface area contributed by atoms with Crippen molar-refractivity contribution in [3.8, 4) is 5.75 Å². The molecule has 0 spiro atoms. The van der Waals surface area contributed by atoms with Gasteiger partial charge in [0, 0.05) is 42.0 Å². The first kappa shape index (κ1) is 15.9. The van der Waals surface area contributed by atoms with Gasteiger partial charge in [-0.05, 0) is 31.9 Å². The van der Waals surface area contributed by atoms with E-state index in [1.165, 1.54) is 0 Å². The highest BCUT2D eigenvalue weighted by Crippen LogP contribution is 2.28. The number of fused-ring (bicyclic) bond motifs is 1. The number of carbonyl (C=O) groups is 1. The Morgan fingerprint density at radius 1 is 1.41 bits per heavy atom. The second kappa shape index (κ2) is 7.49. The maximum atomic E-state index is 10.3. The maximum Gasteiger partial charge on any atom is 0.450 e. The number of hydrogen-bond donors (Lipinski definition) is 2. The van der Waals surface area contributed by atoms with Crippen molar-refractivity contribution in [2.24, 2.45) is 0 Å². The molecule has 1 heterocycles. The van der Waals surface area contributed by atoms with Crippen molar-refractivity contribution in [3.63, 3.8) is 0 Å². The Bertz CT molecular complexity index is 646. The van der Waals surface area contributed by atoms with Crippen LogP contribution in [0.4, 0.5) is 10.5 Å². The summed E-state index contributed by atoms with van der Waals surface area (Å²) < 4.78 is 5.31. The molecule has 0 aliphatic carbocycles. The number of benzene rings is 1. The Balaban J connectivity index is 2.05. The van der Waals surface area contributed by atoms with Crippen LogP contribution < -0.4 is 15.4 Å². The van der Waals surface area contributed by atoms with Crippen LogP contribution in [0.2, 0.25) is 0 Å². The average Bonchev–Trinajstić information content (AvgIpc) is 2.51. The van der Waals surface area contributed by atoms with Crippen molar-refractivity contribution >= 4 is 22.7 Å². The molecule has 22 heavy (non-hydrogen) atoms. The topological polar surface area (TPSA) is 83.1 Å². The van der Waals surface area contributed by atoms with Gasteiger partial charge >= 0.3 is 6.09 Å². The van der Waals surface area contributed by atoms with Gasteiger partial charge in [0.05, 0.1) is 12.6 Å². The Labute approximate surface area is 129 Å². The van der Waals surface area contributed by atoms with Crippen LogP contribution >= 0.6 is 0 Å². The van der Waals surface area contributed by atoms with E-state index in [9.17, 15) is 9.90 Å². The van der Waals surface area contributed by atoms with Crippen molar-refractivity contribution in [1.29, 1.82) is 0 Å². The molecule has 0 bridgehead atoms. The minimum atomic E-state index is -1.23. The Morgan fingerprint density at radius 3 is 2.95 bits per heavy atom. The van der Waals surface area contributed by atoms with E-state index in [4.69, 9.17) is 4.74 Å². The normalized spacial score (nSPS) is 11.9. The summed E-state index contributed by atoms with van der Waals surface area (Å²) in [5, 5.41) is 17.0. The van der Waals surface area contributed by atoms with E-state index in [-0.39, 0.29) is 6.04 Å². The first-order chi connectivity index (χ1) is 10.6. The maximum absolute atomic E-state index is 10.3. The lowest BCUT2D eigenvalue weighted by molar-refractivity contribution is 0.168. The summed E-state index contributed by atoms with van der Waals surface area (Å²) in [6.45, 7) is 2.45. The second-order valence-electron chi connectivity index (χ2n) is 5.15. The minimum absolute atomic E-state index is 0.194. The van der Waals surface area contributed by atoms with E-state index in [0.717, 1.165) is 35.2 Å². The van der Waals surface area contributed by atoms with E-state index in [1.807, 2.05) is 24.3 Å². The van der Waals surface area contributed by atoms with Crippen molar-refractivity contribution in [2.45, 2.75) is 25.8 Å². The van der Waals surface area contributed by atoms with Crippen LogP contribution in [0.15, 0.2) is 30.5 Å². The van der Waals surface area contributed by atoms with E-state index < -0.39 is 6.09 Å². The number of amides is 1. The van der Waals surface area contributed by atoms with Crippen LogP contribution in [-0.4, -0.2) is 30.8 Å². The largest absolute Gasteiger partial charge is 0.497 e. The predicted molar refractivity (Wildman–Crippen MR) is 84.7 cm³/mol. The second-order valence-corrected chi connectivity index (χ2v) is 5.15. The molecular formula is C16H20N3O3. The molecule has 117 valence electrons. The van der Waals surface area contributed by atoms with Crippen LogP contribution in [0, 0.1) is 0 Å². The number of anilines is 1. The number of aromatic nitrogens is 1. The van der Waals surface area contributed by atoms with E-state index in [0.29, 0.717) is 6.54 Å². The van der Waals surface area contributed by atoms with Gasteiger partial charge in [-0.1, -0.05) is 0 Å². The van der Waals surface area contributed by atoms with E-state index >= 15 is 0 Å². The van der Waals surface area contributed by atoms with Crippen molar-refractivity contribution in [2.75, 3.05) is 19.0 Å². The van der Waals surface area contributed by atoms with Gasteiger partial charge < -0.3 is 15.4 Å². The number of nitrogens with one attached hydrogen (secondary N) is 2. The van der Waals surface area contributed by atoms with Crippen LogP contribution in [-0.2, 0) is 5.11 Å². The zero-order valence-electron chi connectivity index (χ0n) is 12.8. The van der Waals surface area contributed by atoms with Gasteiger partial charge in [0.25, 0.3) is 0 Å². The highest BCUT2D eigenvalue weighted by Gasteiger charge is 2.09. The van der Waals surface area contributed by atoms with Crippen LogP contribution in [0.1, 0.15) is 19.8 Å². The molecule has 6 nitrogen and oxygen atoms in total. The lowest BCUT2D eigenvalue weighted by Gasteiger charge is -2.17. The zero-order valence-corrected chi connectivity index (χ0v) is 12.8. The number of ether oxygens (including phenoxy) is 1. The van der Waals surface area contributed by atoms with Crippen LogP contribution in [0.5, 0.6) is 5.75 Å². The summed E-state index contributed by atoms with van der Waals surface area (Å²) in [4.78, 5) is 14.6. The predicted octanol–water partition coefficient (Wildman–Crippen LogP) is 2.96. The lowest BCUT2D eigenvalue weighted by Crippen LogP contribution is -2.23. The average molecular weight is 302 g/mol. The molecule has 1 atom stereocenters. The molecule has 0 aliphatic rings. The molecule has 0 aliphatic heterocycles. The molecule has 1 amide bonds. The van der Waals surface area contributed by atoms with Gasteiger partial charge in [-0.2, -0.15) is 0 Å². The number of hydrogen-bond acceptors (Lipinski definition) is 4.